The predicted octanol–water partition coefficient (Wildman–Crippen LogP) is 3.55. The summed E-state index contributed by atoms with van der Waals surface area (Å²) in [5.41, 5.74) is 0. The Morgan fingerprint density at radius 2 is 1.62 bits per heavy atom. The summed E-state index contributed by atoms with van der Waals surface area (Å²) >= 11 is 0. The number of quaternary nitrogens is 1. The average molecular weight is 345 g/mol. The van der Waals surface area contributed by atoms with Gasteiger partial charge < -0.3 is 19.4 Å². The van der Waals surface area contributed by atoms with Crippen LogP contribution in [0.1, 0.15) is 77.6 Å². The number of carboxylic acids is 1. The lowest BCUT2D eigenvalue weighted by Crippen LogP contribution is -2.62. The molecule has 0 bridgehead atoms. The Morgan fingerprint density at radius 1 is 1.08 bits per heavy atom. The smallest absolute Gasteiger partial charge is 0.306 e. The molecule has 0 aliphatic carbocycles. The van der Waals surface area contributed by atoms with Gasteiger partial charge in [0.05, 0.1) is 20.5 Å². The van der Waals surface area contributed by atoms with E-state index in [-0.39, 0.29) is 6.42 Å². The molecule has 0 aromatic heterocycles. The summed E-state index contributed by atoms with van der Waals surface area (Å²) in [4.78, 5) is 10.9. The maximum absolute atomic E-state index is 10.9. The third kappa shape index (κ3) is 9.00. The Morgan fingerprint density at radius 3 is 2.17 bits per heavy atom. The van der Waals surface area contributed by atoms with Crippen LogP contribution in [0.5, 0.6) is 0 Å². The van der Waals surface area contributed by atoms with Gasteiger partial charge in [-0.1, -0.05) is 58.3 Å². The summed E-state index contributed by atoms with van der Waals surface area (Å²) in [6.45, 7) is 3.39. The van der Waals surface area contributed by atoms with E-state index in [1.54, 1.807) is 0 Å². The lowest BCUT2D eigenvalue weighted by Gasteiger charge is -2.46. The maximum atomic E-state index is 10.9. The quantitative estimate of drug-likeness (QED) is 0.420. The van der Waals surface area contributed by atoms with E-state index >= 15 is 0 Å². The first-order valence-electron chi connectivity index (χ1n) is 9.70. The van der Waals surface area contributed by atoms with Gasteiger partial charge in [-0.2, -0.15) is 0 Å². The number of hydrogen-bond acceptors (Lipinski definition) is 3. The first kappa shape index (κ1) is 21.4. The fourth-order valence-electron chi connectivity index (χ4n) is 3.82. The molecule has 0 amide bonds. The van der Waals surface area contributed by atoms with Crippen LogP contribution in [-0.2, 0) is 9.53 Å². The molecule has 2 N–H and O–H groups in total. The van der Waals surface area contributed by atoms with Crippen molar-refractivity contribution in [2.24, 2.45) is 0 Å². The molecule has 0 radical (unpaired) electrons. The molecule has 1 aliphatic rings. The van der Waals surface area contributed by atoms with E-state index in [4.69, 9.17) is 9.84 Å². The minimum atomic E-state index is -1.18. The number of nitrogens with zero attached hydrogens (tertiary/aromatic N) is 1. The number of aliphatic carboxylic acids is 1. The molecule has 24 heavy (non-hydrogen) atoms. The fraction of sp³-hybridized carbons (Fsp3) is 0.947. The van der Waals surface area contributed by atoms with Crippen molar-refractivity contribution in [2.45, 2.75) is 89.4 Å². The van der Waals surface area contributed by atoms with Crippen LogP contribution in [-0.4, -0.2) is 59.7 Å². The zero-order valence-electron chi connectivity index (χ0n) is 15.9. The lowest BCUT2D eigenvalue weighted by atomic mass is 10.0. The van der Waals surface area contributed by atoms with E-state index in [0.717, 1.165) is 12.8 Å². The van der Waals surface area contributed by atoms with Crippen molar-refractivity contribution in [3.63, 3.8) is 0 Å². The van der Waals surface area contributed by atoms with Crippen LogP contribution < -0.4 is 0 Å². The Balaban J connectivity index is 2.25. The molecule has 1 rings (SSSR count). The van der Waals surface area contributed by atoms with Crippen molar-refractivity contribution in [3.05, 3.63) is 0 Å². The third-order valence-corrected chi connectivity index (χ3v) is 4.83. The zero-order valence-corrected chi connectivity index (χ0v) is 15.9. The highest BCUT2D eigenvalue weighted by atomic mass is 16.6. The van der Waals surface area contributed by atoms with Gasteiger partial charge in [0.15, 0.2) is 0 Å². The van der Waals surface area contributed by atoms with Crippen LogP contribution in [0.15, 0.2) is 0 Å². The van der Waals surface area contributed by atoms with Crippen molar-refractivity contribution in [3.8, 4) is 0 Å². The number of carboxylic acid groups (broad SMARTS) is 1. The monoisotopic (exact) mass is 344 g/mol. The minimum Gasteiger partial charge on any atom is -0.481 e. The minimum absolute atomic E-state index is 0.0399. The number of morpholine rings is 1. The lowest BCUT2D eigenvalue weighted by molar-refractivity contribution is -0.915. The zero-order chi connectivity index (χ0) is 18.1. The molecular formula is C19H38NO4+. The van der Waals surface area contributed by atoms with Crippen molar-refractivity contribution < 1.29 is 24.2 Å². The fourth-order valence-corrected chi connectivity index (χ4v) is 3.82. The third-order valence-electron chi connectivity index (χ3n) is 4.83. The molecule has 1 fully saturated rings. The van der Waals surface area contributed by atoms with E-state index < -0.39 is 17.9 Å². The van der Waals surface area contributed by atoms with Gasteiger partial charge in [-0.15, -0.1) is 0 Å². The van der Waals surface area contributed by atoms with Crippen LogP contribution in [0.3, 0.4) is 0 Å². The van der Waals surface area contributed by atoms with Gasteiger partial charge in [-0.25, -0.2) is 0 Å². The molecule has 1 aliphatic heterocycles. The van der Waals surface area contributed by atoms with Crippen molar-refractivity contribution in [1.29, 1.82) is 0 Å². The van der Waals surface area contributed by atoms with Crippen LogP contribution in [0.4, 0.5) is 0 Å². The molecule has 0 unspecified atom stereocenters. The van der Waals surface area contributed by atoms with Gasteiger partial charge >= 0.3 is 5.97 Å². The second-order valence-electron chi connectivity index (χ2n) is 8.14. The summed E-state index contributed by atoms with van der Waals surface area (Å²) in [5, 5.41) is 19.7. The molecule has 142 valence electrons. The number of ether oxygens (including phenoxy) is 1. The van der Waals surface area contributed by atoms with Gasteiger partial charge in [0, 0.05) is 6.42 Å². The Hall–Kier alpha value is -0.650. The largest absolute Gasteiger partial charge is 0.481 e. The summed E-state index contributed by atoms with van der Waals surface area (Å²) in [6, 6.07) is 0. The van der Waals surface area contributed by atoms with Crippen LogP contribution in [0, 0.1) is 0 Å². The van der Waals surface area contributed by atoms with Crippen LogP contribution in [0.2, 0.25) is 0 Å². The highest BCUT2D eigenvalue weighted by molar-refractivity contribution is 5.67. The van der Waals surface area contributed by atoms with E-state index in [1.165, 1.54) is 44.9 Å². The molecule has 0 aromatic rings. The summed E-state index contributed by atoms with van der Waals surface area (Å²) < 4.78 is 6.35. The second-order valence-corrected chi connectivity index (χ2v) is 8.14. The van der Waals surface area contributed by atoms with E-state index in [1.807, 2.05) is 14.1 Å². The first-order chi connectivity index (χ1) is 11.3. The van der Waals surface area contributed by atoms with Gasteiger partial charge in [0.2, 0.25) is 5.79 Å². The maximum Gasteiger partial charge on any atom is 0.306 e. The number of carbonyl (C=O) groups is 1. The molecule has 5 nitrogen and oxygen atoms in total. The molecule has 2 atom stereocenters. The molecule has 1 saturated heterocycles. The molecule has 0 spiro atoms. The summed E-state index contributed by atoms with van der Waals surface area (Å²) in [5.74, 6) is -2.05. The van der Waals surface area contributed by atoms with Crippen molar-refractivity contribution in [2.75, 3.05) is 27.2 Å². The number of unbranched alkanes of at least 4 members (excludes halogenated alkanes) is 8. The number of hydrogen-bond donors (Lipinski definition) is 2. The van der Waals surface area contributed by atoms with E-state index in [9.17, 15) is 9.90 Å². The molecular weight excluding hydrogens is 306 g/mol. The highest BCUT2D eigenvalue weighted by Gasteiger charge is 2.45. The van der Waals surface area contributed by atoms with Gasteiger partial charge in [0.25, 0.3) is 0 Å². The van der Waals surface area contributed by atoms with Gasteiger partial charge in [-0.3, -0.25) is 4.79 Å². The Labute approximate surface area is 147 Å². The Kier molecular flexibility index (Phi) is 9.24. The molecule has 1 heterocycles. The van der Waals surface area contributed by atoms with Crippen LogP contribution >= 0.6 is 0 Å². The number of aliphatic hydroxyl groups is 1. The van der Waals surface area contributed by atoms with Crippen molar-refractivity contribution in [1.82, 2.24) is 0 Å². The van der Waals surface area contributed by atoms with E-state index in [0.29, 0.717) is 24.0 Å². The number of likely N-dealkylation sites (N-methyl/N-ethyl adjacent to an activating group) is 1. The topological polar surface area (TPSA) is 66.8 Å². The molecule has 0 saturated carbocycles. The molecule has 0 aromatic carbocycles. The summed E-state index contributed by atoms with van der Waals surface area (Å²) in [7, 11) is 4.05. The van der Waals surface area contributed by atoms with Crippen molar-refractivity contribution >= 4 is 5.97 Å². The molecule has 5 heteroatoms. The Bertz CT molecular complexity index is 372. The SMILES string of the molecule is CCCCCCCCCCC[C@]1(O)C[N+](C)(C)C[C@@H](CC(=O)O)O1. The van der Waals surface area contributed by atoms with Crippen LogP contribution in [0.25, 0.3) is 0 Å². The second kappa shape index (κ2) is 10.4. The highest BCUT2D eigenvalue weighted by Crippen LogP contribution is 2.29. The normalized spacial score (nSPS) is 26.4. The average Bonchev–Trinajstić information content (AvgIpc) is 2.42. The number of rotatable bonds is 12. The van der Waals surface area contributed by atoms with E-state index in [2.05, 4.69) is 6.92 Å². The van der Waals surface area contributed by atoms with Gasteiger partial charge in [0.1, 0.15) is 19.2 Å². The standard InChI is InChI=1S/C19H37NO4/c1-4-5-6-7-8-9-10-11-12-13-19(23)16-20(2,3)15-17(24-19)14-18(21)22/h17,23H,4-16H2,1-3H3/p+1/t17-,19-/m1/s1. The first-order valence-corrected chi connectivity index (χ1v) is 9.70. The van der Waals surface area contributed by atoms with Gasteiger partial charge in [-0.05, 0) is 6.42 Å². The predicted molar refractivity (Wildman–Crippen MR) is 95.8 cm³/mol. The summed E-state index contributed by atoms with van der Waals surface area (Å²) in [6.07, 6.45) is 11.3.